The van der Waals surface area contributed by atoms with Crippen LogP contribution in [0.2, 0.25) is 0 Å². The zero-order chi connectivity index (χ0) is 8.85. The summed E-state index contributed by atoms with van der Waals surface area (Å²) in [6.07, 6.45) is 1.06. The number of amides is 1. The maximum Gasteiger partial charge on any atom is 0.247 e. The van der Waals surface area contributed by atoms with E-state index in [9.17, 15) is 9.59 Å². The highest BCUT2D eigenvalue weighted by Gasteiger charge is 2.05. The fourth-order valence-corrected chi connectivity index (χ4v) is 0.458. The van der Waals surface area contributed by atoms with Crippen LogP contribution in [0.3, 0.4) is 0 Å². The van der Waals surface area contributed by atoms with Crippen molar-refractivity contribution in [1.82, 2.24) is 5.32 Å². The third-order valence-electron chi connectivity index (χ3n) is 1.12. The van der Waals surface area contributed by atoms with E-state index in [2.05, 4.69) is 5.32 Å². The number of nitrogens with one attached hydrogen (secondary N) is 1. The average molecular weight is 157 g/mol. The molecule has 0 fully saturated rings. The van der Waals surface area contributed by atoms with E-state index in [1.807, 2.05) is 0 Å². The summed E-state index contributed by atoms with van der Waals surface area (Å²) >= 11 is 0. The van der Waals surface area contributed by atoms with Crippen LogP contribution in [0.5, 0.6) is 0 Å². The third-order valence-corrected chi connectivity index (χ3v) is 1.12. The van der Waals surface area contributed by atoms with Gasteiger partial charge < -0.3 is 10.4 Å². The van der Waals surface area contributed by atoms with Gasteiger partial charge in [0.2, 0.25) is 5.91 Å². The number of likely N-dealkylation sites (N-methyl/N-ethyl adjacent to an activating group) is 1. The van der Waals surface area contributed by atoms with Gasteiger partial charge in [0.1, 0.15) is 0 Å². The van der Waals surface area contributed by atoms with Gasteiger partial charge in [-0.15, -0.1) is 0 Å². The summed E-state index contributed by atoms with van der Waals surface area (Å²) in [6, 6.07) is 0. The van der Waals surface area contributed by atoms with Gasteiger partial charge in [-0.05, 0) is 0 Å². The van der Waals surface area contributed by atoms with Crippen molar-refractivity contribution in [2.45, 2.75) is 13.3 Å². The molecule has 0 aliphatic heterocycles. The number of Topliss-reactive ketones (excluding diaryl/α,β-unsaturated/α-hetero) is 1. The van der Waals surface area contributed by atoms with Crippen LogP contribution in [0.1, 0.15) is 13.3 Å². The Morgan fingerprint density at radius 1 is 1.55 bits per heavy atom. The summed E-state index contributed by atoms with van der Waals surface area (Å²) in [6.45, 7) is 1.61. The smallest absolute Gasteiger partial charge is 0.247 e. The van der Waals surface area contributed by atoms with E-state index in [-0.39, 0.29) is 6.42 Å². The van der Waals surface area contributed by atoms with Crippen LogP contribution in [-0.2, 0) is 9.59 Å². The molecule has 0 saturated heterocycles. The summed E-state index contributed by atoms with van der Waals surface area (Å²) in [7, 11) is 1.42. The molecule has 0 saturated carbocycles. The van der Waals surface area contributed by atoms with Crippen LogP contribution in [0.15, 0.2) is 11.8 Å². The molecule has 0 aromatic rings. The molecule has 0 aliphatic carbocycles. The van der Waals surface area contributed by atoms with E-state index in [1.54, 1.807) is 6.92 Å². The molecule has 0 aliphatic rings. The lowest BCUT2D eigenvalue weighted by Gasteiger charge is -1.94. The molecule has 0 atom stereocenters. The Kier molecular flexibility index (Phi) is 3.95. The largest absolute Gasteiger partial charge is 0.504 e. The first-order valence-electron chi connectivity index (χ1n) is 3.27. The molecule has 1 amide bonds. The predicted molar refractivity (Wildman–Crippen MR) is 40.1 cm³/mol. The molecular weight excluding hydrogens is 146 g/mol. The van der Waals surface area contributed by atoms with Crippen LogP contribution >= 0.6 is 0 Å². The highest BCUT2D eigenvalue weighted by Crippen LogP contribution is 1.93. The summed E-state index contributed by atoms with van der Waals surface area (Å²) in [5, 5.41) is 11.1. The van der Waals surface area contributed by atoms with Gasteiger partial charge in [0.25, 0.3) is 0 Å². The van der Waals surface area contributed by atoms with Gasteiger partial charge in [-0.3, -0.25) is 9.59 Å². The summed E-state index contributed by atoms with van der Waals surface area (Å²) in [5.74, 6) is -1.41. The van der Waals surface area contributed by atoms with Gasteiger partial charge in [0.15, 0.2) is 11.5 Å². The van der Waals surface area contributed by atoms with E-state index in [0.717, 1.165) is 6.08 Å². The maximum atomic E-state index is 10.7. The second kappa shape index (κ2) is 4.49. The number of hydrogen-bond donors (Lipinski definition) is 2. The maximum absolute atomic E-state index is 10.7. The highest BCUT2D eigenvalue weighted by atomic mass is 16.3. The van der Waals surface area contributed by atoms with E-state index in [1.165, 1.54) is 7.05 Å². The number of aliphatic hydroxyl groups excluding tert-OH is 1. The normalized spacial score (nSPS) is 10.9. The van der Waals surface area contributed by atoms with E-state index in [0.29, 0.717) is 0 Å². The fraction of sp³-hybridized carbons (Fsp3) is 0.429. The van der Waals surface area contributed by atoms with E-state index >= 15 is 0 Å². The molecule has 62 valence electrons. The lowest BCUT2D eigenvalue weighted by atomic mass is 10.2. The number of allylic oxidation sites excluding steroid dienone is 1. The lowest BCUT2D eigenvalue weighted by Crippen LogP contribution is -2.16. The van der Waals surface area contributed by atoms with Gasteiger partial charge in [-0.25, -0.2) is 0 Å². The van der Waals surface area contributed by atoms with Crippen molar-refractivity contribution in [3.63, 3.8) is 0 Å². The van der Waals surface area contributed by atoms with Crippen LogP contribution in [0.4, 0.5) is 0 Å². The highest BCUT2D eigenvalue weighted by molar-refractivity contribution is 5.99. The average Bonchev–Trinajstić information content (AvgIpc) is 2.02. The first-order valence-corrected chi connectivity index (χ1v) is 3.27. The molecule has 2 N–H and O–H groups in total. The van der Waals surface area contributed by atoms with Crippen molar-refractivity contribution in [2.75, 3.05) is 7.05 Å². The van der Waals surface area contributed by atoms with Gasteiger partial charge in [-0.2, -0.15) is 0 Å². The SMILES string of the molecule is CCC(=O)/C(O)=C/C(=O)NC. The molecular formula is C7H11NO3. The quantitative estimate of drug-likeness (QED) is 0.452. The minimum atomic E-state index is -0.494. The summed E-state index contributed by atoms with van der Waals surface area (Å²) in [5.41, 5.74) is 0. The molecule has 0 spiro atoms. The summed E-state index contributed by atoms with van der Waals surface area (Å²) in [4.78, 5) is 21.2. The zero-order valence-corrected chi connectivity index (χ0v) is 6.55. The number of rotatable bonds is 3. The first-order chi connectivity index (χ1) is 5.11. The molecule has 0 unspecified atom stereocenters. The van der Waals surface area contributed by atoms with Gasteiger partial charge >= 0.3 is 0 Å². The molecule has 4 heteroatoms. The van der Waals surface area contributed by atoms with Gasteiger partial charge in [0.05, 0.1) is 0 Å². The Labute approximate surface area is 64.9 Å². The third kappa shape index (κ3) is 3.40. The van der Waals surface area contributed by atoms with Crippen LogP contribution in [-0.4, -0.2) is 23.8 Å². The van der Waals surface area contributed by atoms with Gasteiger partial charge in [-0.1, -0.05) is 6.92 Å². The van der Waals surface area contributed by atoms with Gasteiger partial charge in [0, 0.05) is 19.5 Å². The minimum absolute atomic E-state index is 0.194. The molecule has 0 radical (unpaired) electrons. The first kappa shape index (κ1) is 9.68. The van der Waals surface area contributed by atoms with Crippen molar-refractivity contribution in [3.05, 3.63) is 11.8 Å². The molecule has 0 bridgehead atoms. The van der Waals surface area contributed by atoms with Crippen LogP contribution in [0, 0.1) is 0 Å². The number of carbonyl (C=O) groups excluding carboxylic acids is 2. The number of aliphatic hydroxyl groups is 1. The molecule has 4 nitrogen and oxygen atoms in total. The van der Waals surface area contributed by atoms with Crippen molar-refractivity contribution in [3.8, 4) is 0 Å². The predicted octanol–water partition coefficient (Wildman–Crippen LogP) is 0.153. The standard InChI is InChI=1S/C7H11NO3/c1-3-5(9)6(10)4-7(11)8-2/h4,10H,3H2,1-2H3,(H,8,11)/b6-4-. The van der Waals surface area contributed by atoms with Crippen molar-refractivity contribution in [1.29, 1.82) is 0 Å². The second-order valence-corrected chi connectivity index (χ2v) is 1.92. The van der Waals surface area contributed by atoms with Crippen molar-refractivity contribution >= 4 is 11.7 Å². The second-order valence-electron chi connectivity index (χ2n) is 1.92. The minimum Gasteiger partial charge on any atom is -0.504 e. The van der Waals surface area contributed by atoms with E-state index in [4.69, 9.17) is 5.11 Å². The van der Waals surface area contributed by atoms with Crippen molar-refractivity contribution < 1.29 is 14.7 Å². The molecule has 11 heavy (non-hydrogen) atoms. The number of hydrogen-bond acceptors (Lipinski definition) is 3. The molecule has 0 heterocycles. The zero-order valence-electron chi connectivity index (χ0n) is 6.55. The monoisotopic (exact) mass is 157 g/mol. The Bertz CT molecular complexity index is 196. The number of ketones is 1. The molecule has 0 aromatic heterocycles. The lowest BCUT2D eigenvalue weighted by molar-refractivity contribution is -0.119. The topological polar surface area (TPSA) is 66.4 Å². The van der Waals surface area contributed by atoms with Crippen LogP contribution < -0.4 is 5.32 Å². The van der Waals surface area contributed by atoms with E-state index < -0.39 is 17.4 Å². The Morgan fingerprint density at radius 2 is 2.09 bits per heavy atom. The van der Waals surface area contributed by atoms with Crippen molar-refractivity contribution in [2.24, 2.45) is 0 Å². The Hall–Kier alpha value is -1.32. The molecule has 0 aromatic carbocycles. The van der Waals surface area contributed by atoms with Crippen LogP contribution in [0.25, 0.3) is 0 Å². The Balaban J connectivity index is 4.21. The number of carbonyl (C=O) groups is 2. The Morgan fingerprint density at radius 3 is 2.45 bits per heavy atom. The fourth-order valence-electron chi connectivity index (χ4n) is 0.458. The summed E-state index contributed by atoms with van der Waals surface area (Å²) < 4.78 is 0. The molecule has 0 rings (SSSR count).